The van der Waals surface area contributed by atoms with E-state index in [1.807, 2.05) is 44.2 Å². The maximum Gasteiger partial charge on any atom is 0.273 e. The summed E-state index contributed by atoms with van der Waals surface area (Å²) in [6.45, 7) is 4.85. The molecule has 2 N–H and O–H groups in total. The molecule has 0 bridgehead atoms. The molecule has 0 aliphatic rings. The standard InChI is InChI=1S/C16H22N4O2/c1-12(2)8-14(21)9-17-16(22)15-11-20(19-18-15)10-13-6-4-3-5-7-13/h3-7,11-12,14,21H,8-10H2,1-2H3,(H,17,22). The first-order chi connectivity index (χ1) is 10.5. The molecule has 0 aliphatic heterocycles. The second-order valence-corrected chi connectivity index (χ2v) is 5.78. The fraction of sp³-hybridized carbons (Fsp3) is 0.438. The minimum absolute atomic E-state index is 0.225. The molecule has 0 saturated carbocycles. The van der Waals surface area contributed by atoms with Crippen LogP contribution in [0.3, 0.4) is 0 Å². The van der Waals surface area contributed by atoms with E-state index in [0.29, 0.717) is 18.9 Å². The minimum Gasteiger partial charge on any atom is -0.391 e. The summed E-state index contributed by atoms with van der Waals surface area (Å²) in [5.41, 5.74) is 1.35. The maximum absolute atomic E-state index is 12.0. The molecule has 1 aromatic heterocycles. The Kier molecular flexibility index (Phi) is 5.66. The lowest BCUT2D eigenvalue weighted by molar-refractivity contribution is 0.0895. The van der Waals surface area contributed by atoms with Crippen molar-refractivity contribution in [1.82, 2.24) is 20.3 Å². The van der Waals surface area contributed by atoms with Crippen LogP contribution < -0.4 is 5.32 Å². The summed E-state index contributed by atoms with van der Waals surface area (Å²) in [7, 11) is 0. The summed E-state index contributed by atoms with van der Waals surface area (Å²) < 4.78 is 1.62. The third-order valence-corrected chi connectivity index (χ3v) is 3.20. The lowest BCUT2D eigenvalue weighted by Gasteiger charge is -2.12. The molecule has 1 unspecified atom stereocenters. The summed E-state index contributed by atoms with van der Waals surface area (Å²) in [6.07, 6.45) is 1.72. The van der Waals surface area contributed by atoms with Crippen molar-refractivity contribution in [2.75, 3.05) is 6.54 Å². The van der Waals surface area contributed by atoms with Crippen LogP contribution in [0.5, 0.6) is 0 Å². The van der Waals surface area contributed by atoms with E-state index in [0.717, 1.165) is 5.56 Å². The van der Waals surface area contributed by atoms with Gasteiger partial charge in [0.25, 0.3) is 5.91 Å². The first kappa shape index (κ1) is 16.2. The molecule has 22 heavy (non-hydrogen) atoms. The molecule has 1 amide bonds. The lowest BCUT2D eigenvalue weighted by atomic mass is 10.1. The quantitative estimate of drug-likeness (QED) is 0.811. The molecule has 0 radical (unpaired) electrons. The van der Waals surface area contributed by atoms with E-state index in [9.17, 15) is 9.90 Å². The van der Waals surface area contributed by atoms with Crippen LogP contribution in [0.1, 0.15) is 36.3 Å². The van der Waals surface area contributed by atoms with Crippen LogP contribution in [0, 0.1) is 5.92 Å². The number of aliphatic hydroxyl groups excluding tert-OH is 1. The number of carbonyl (C=O) groups is 1. The normalized spacial score (nSPS) is 12.4. The zero-order chi connectivity index (χ0) is 15.9. The average Bonchev–Trinajstić information content (AvgIpc) is 2.94. The van der Waals surface area contributed by atoms with Crippen LogP contribution in [0.2, 0.25) is 0 Å². The van der Waals surface area contributed by atoms with Crippen molar-refractivity contribution in [3.63, 3.8) is 0 Å². The molecular weight excluding hydrogens is 280 g/mol. The zero-order valence-corrected chi connectivity index (χ0v) is 12.9. The van der Waals surface area contributed by atoms with Crippen LogP contribution in [0.25, 0.3) is 0 Å². The Balaban J connectivity index is 1.86. The monoisotopic (exact) mass is 302 g/mol. The number of aromatic nitrogens is 3. The minimum atomic E-state index is -0.539. The van der Waals surface area contributed by atoms with Gasteiger partial charge in [-0.1, -0.05) is 49.4 Å². The molecule has 118 valence electrons. The number of carbonyl (C=O) groups excluding carboxylic acids is 1. The number of hydrogen-bond acceptors (Lipinski definition) is 4. The highest BCUT2D eigenvalue weighted by Gasteiger charge is 2.13. The number of hydrogen-bond donors (Lipinski definition) is 2. The SMILES string of the molecule is CC(C)CC(O)CNC(=O)c1cn(Cc2ccccc2)nn1. The van der Waals surface area contributed by atoms with Gasteiger partial charge in [0.05, 0.1) is 18.8 Å². The van der Waals surface area contributed by atoms with Gasteiger partial charge in [0, 0.05) is 6.54 Å². The Bertz CT molecular complexity index is 595. The van der Waals surface area contributed by atoms with Gasteiger partial charge in [0.2, 0.25) is 0 Å². The van der Waals surface area contributed by atoms with Crippen LogP contribution >= 0.6 is 0 Å². The topological polar surface area (TPSA) is 80.0 Å². The fourth-order valence-corrected chi connectivity index (χ4v) is 2.18. The molecule has 1 heterocycles. The molecule has 1 aromatic carbocycles. The Hall–Kier alpha value is -2.21. The van der Waals surface area contributed by atoms with Crippen LogP contribution in [-0.4, -0.2) is 38.7 Å². The molecule has 2 rings (SSSR count). The molecule has 0 fully saturated rings. The predicted octanol–water partition coefficient (Wildman–Crippen LogP) is 1.46. The number of rotatable bonds is 7. The van der Waals surface area contributed by atoms with Crippen LogP contribution in [0.4, 0.5) is 0 Å². The second-order valence-electron chi connectivity index (χ2n) is 5.78. The summed E-state index contributed by atoms with van der Waals surface area (Å²) >= 11 is 0. The second kappa shape index (κ2) is 7.70. The smallest absolute Gasteiger partial charge is 0.273 e. The van der Waals surface area contributed by atoms with Gasteiger partial charge in [-0.2, -0.15) is 0 Å². The highest BCUT2D eigenvalue weighted by Crippen LogP contribution is 2.04. The first-order valence-corrected chi connectivity index (χ1v) is 7.45. The highest BCUT2D eigenvalue weighted by atomic mass is 16.3. The summed E-state index contributed by atoms with van der Waals surface area (Å²) in [5, 5.41) is 20.3. The van der Waals surface area contributed by atoms with Crippen LogP contribution in [0.15, 0.2) is 36.5 Å². The molecule has 6 nitrogen and oxygen atoms in total. The highest BCUT2D eigenvalue weighted by molar-refractivity contribution is 5.91. The largest absolute Gasteiger partial charge is 0.391 e. The Labute approximate surface area is 130 Å². The first-order valence-electron chi connectivity index (χ1n) is 7.45. The van der Waals surface area contributed by atoms with Crippen molar-refractivity contribution in [2.45, 2.75) is 32.9 Å². The predicted molar refractivity (Wildman–Crippen MR) is 83.4 cm³/mol. The summed E-state index contributed by atoms with van der Waals surface area (Å²) in [4.78, 5) is 12.0. The van der Waals surface area contributed by atoms with Gasteiger partial charge >= 0.3 is 0 Å². The van der Waals surface area contributed by atoms with E-state index in [-0.39, 0.29) is 18.1 Å². The van der Waals surface area contributed by atoms with Gasteiger partial charge in [0.15, 0.2) is 5.69 Å². The molecule has 0 spiro atoms. The average molecular weight is 302 g/mol. The zero-order valence-electron chi connectivity index (χ0n) is 12.9. The number of amides is 1. The van der Waals surface area contributed by atoms with Crippen molar-refractivity contribution in [1.29, 1.82) is 0 Å². The fourth-order valence-electron chi connectivity index (χ4n) is 2.18. The molecule has 6 heteroatoms. The third-order valence-electron chi connectivity index (χ3n) is 3.20. The Morgan fingerprint density at radius 1 is 1.32 bits per heavy atom. The maximum atomic E-state index is 12.0. The number of aliphatic hydroxyl groups is 1. The van der Waals surface area contributed by atoms with Gasteiger partial charge < -0.3 is 10.4 Å². The van der Waals surface area contributed by atoms with Gasteiger partial charge in [-0.3, -0.25) is 4.79 Å². The van der Waals surface area contributed by atoms with Crippen molar-refractivity contribution in [3.05, 3.63) is 47.8 Å². The Morgan fingerprint density at radius 3 is 2.73 bits per heavy atom. The molecule has 2 aromatic rings. The van der Waals surface area contributed by atoms with Crippen molar-refractivity contribution in [2.24, 2.45) is 5.92 Å². The molecule has 1 atom stereocenters. The lowest BCUT2D eigenvalue weighted by Crippen LogP contribution is -2.33. The van der Waals surface area contributed by atoms with E-state index in [2.05, 4.69) is 15.6 Å². The molecule has 0 saturated heterocycles. The van der Waals surface area contributed by atoms with Crippen molar-refractivity contribution < 1.29 is 9.90 Å². The van der Waals surface area contributed by atoms with Crippen LogP contribution in [-0.2, 0) is 6.54 Å². The van der Waals surface area contributed by atoms with E-state index < -0.39 is 6.10 Å². The Morgan fingerprint density at radius 2 is 2.05 bits per heavy atom. The van der Waals surface area contributed by atoms with E-state index >= 15 is 0 Å². The number of nitrogens with zero attached hydrogens (tertiary/aromatic N) is 3. The number of nitrogens with one attached hydrogen (secondary N) is 1. The van der Waals surface area contributed by atoms with Crippen molar-refractivity contribution >= 4 is 5.91 Å². The van der Waals surface area contributed by atoms with E-state index in [1.54, 1.807) is 10.9 Å². The van der Waals surface area contributed by atoms with Gasteiger partial charge in [-0.25, -0.2) is 4.68 Å². The third kappa shape index (κ3) is 4.96. The van der Waals surface area contributed by atoms with E-state index in [4.69, 9.17) is 0 Å². The molecule has 0 aliphatic carbocycles. The van der Waals surface area contributed by atoms with Gasteiger partial charge in [0.1, 0.15) is 0 Å². The van der Waals surface area contributed by atoms with E-state index in [1.165, 1.54) is 0 Å². The molecular formula is C16H22N4O2. The van der Waals surface area contributed by atoms with Gasteiger partial charge in [-0.05, 0) is 17.9 Å². The van der Waals surface area contributed by atoms with Gasteiger partial charge in [-0.15, -0.1) is 5.10 Å². The summed E-state index contributed by atoms with van der Waals surface area (Å²) in [6, 6.07) is 9.84. The van der Waals surface area contributed by atoms with Crippen molar-refractivity contribution in [3.8, 4) is 0 Å². The summed E-state index contributed by atoms with van der Waals surface area (Å²) in [5.74, 6) is 0.0702. The number of benzene rings is 1.